The fraction of sp³-hybridized carbons (Fsp3) is 0.556. The van der Waals surface area contributed by atoms with E-state index in [1.165, 1.54) is 11.0 Å². The van der Waals surface area contributed by atoms with Gasteiger partial charge >= 0.3 is 5.97 Å². The van der Waals surface area contributed by atoms with Gasteiger partial charge in [-0.25, -0.2) is 4.79 Å². The van der Waals surface area contributed by atoms with Gasteiger partial charge in [-0.3, -0.25) is 4.79 Å². The number of amides is 1. The van der Waals surface area contributed by atoms with Crippen molar-refractivity contribution in [2.75, 3.05) is 13.2 Å². The Balaban J connectivity index is 2.29. The standard InChI is InChI=1S/C9H13NO3/c1-3-5-13-9(12)7-6-10(7)8(11)4-2/h4,7H,2-3,5-6H2,1H3. The molecule has 1 fully saturated rings. The molecule has 72 valence electrons. The van der Waals surface area contributed by atoms with E-state index in [1.54, 1.807) is 0 Å². The van der Waals surface area contributed by atoms with E-state index in [0.717, 1.165) is 6.42 Å². The van der Waals surface area contributed by atoms with Crippen LogP contribution in [0.5, 0.6) is 0 Å². The molecule has 0 spiro atoms. The molecule has 0 aliphatic carbocycles. The average molecular weight is 183 g/mol. The van der Waals surface area contributed by atoms with E-state index < -0.39 is 0 Å². The van der Waals surface area contributed by atoms with Crippen LogP contribution in [0.2, 0.25) is 0 Å². The van der Waals surface area contributed by atoms with Gasteiger partial charge in [-0.05, 0) is 12.5 Å². The molecule has 4 nitrogen and oxygen atoms in total. The normalized spacial score (nSPS) is 19.5. The van der Waals surface area contributed by atoms with Crippen LogP contribution in [0, 0.1) is 0 Å². The number of hydrogen-bond donors (Lipinski definition) is 0. The van der Waals surface area contributed by atoms with Gasteiger partial charge in [-0.15, -0.1) is 0 Å². The fourth-order valence-corrected chi connectivity index (χ4v) is 1.00. The number of rotatable bonds is 4. The topological polar surface area (TPSA) is 46.4 Å². The lowest BCUT2D eigenvalue weighted by Gasteiger charge is -2.01. The molecule has 1 heterocycles. The Hall–Kier alpha value is -1.32. The van der Waals surface area contributed by atoms with Crippen LogP contribution >= 0.6 is 0 Å². The molecule has 1 amide bonds. The molecule has 4 heteroatoms. The Morgan fingerprint density at radius 2 is 2.38 bits per heavy atom. The van der Waals surface area contributed by atoms with Crippen molar-refractivity contribution < 1.29 is 14.3 Å². The number of ether oxygens (including phenoxy) is 1. The molecule has 0 radical (unpaired) electrons. The predicted octanol–water partition coefficient (Wildman–Crippen LogP) is 0.336. The van der Waals surface area contributed by atoms with E-state index in [-0.39, 0.29) is 17.9 Å². The summed E-state index contributed by atoms with van der Waals surface area (Å²) in [6, 6.07) is -0.364. The minimum atomic E-state index is -0.364. The monoisotopic (exact) mass is 183 g/mol. The van der Waals surface area contributed by atoms with Crippen molar-refractivity contribution in [1.82, 2.24) is 4.90 Å². The van der Waals surface area contributed by atoms with Crippen LogP contribution in [0.1, 0.15) is 13.3 Å². The van der Waals surface area contributed by atoms with Crippen molar-refractivity contribution in [1.29, 1.82) is 0 Å². The molecule has 13 heavy (non-hydrogen) atoms. The first kappa shape index (κ1) is 9.77. The van der Waals surface area contributed by atoms with E-state index in [9.17, 15) is 9.59 Å². The summed E-state index contributed by atoms with van der Waals surface area (Å²) in [5.74, 6) is -0.518. The van der Waals surface area contributed by atoms with Crippen molar-refractivity contribution in [2.24, 2.45) is 0 Å². The van der Waals surface area contributed by atoms with Crippen LogP contribution in [0.25, 0.3) is 0 Å². The number of carbonyl (C=O) groups is 2. The first-order valence-corrected chi connectivity index (χ1v) is 4.30. The van der Waals surface area contributed by atoms with Gasteiger partial charge in [-0.1, -0.05) is 13.5 Å². The molecule has 0 aromatic rings. The molecule has 1 atom stereocenters. The summed E-state index contributed by atoms with van der Waals surface area (Å²) in [7, 11) is 0. The van der Waals surface area contributed by atoms with Gasteiger partial charge in [0.2, 0.25) is 5.91 Å². The number of nitrogens with zero attached hydrogens (tertiary/aromatic N) is 1. The molecule has 1 aliphatic rings. The summed E-state index contributed by atoms with van der Waals surface area (Å²) >= 11 is 0. The van der Waals surface area contributed by atoms with Gasteiger partial charge in [0, 0.05) is 0 Å². The molecule has 0 bridgehead atoms. The second-order valence-corrected chi connectivity index (χ2v) is 2.88. The zero-order valence-electron chi connectivity index (χ0n) is 7.66. The van der Waals surface area contributed by atoms with Crippen LogP contribution in [0.3, 0.4) is 0 Å². The quantitative estimate of drug-likeness (QED) is 0.358. The Morgan fingerprint density at radius 1 is 1.69 bits per heavy atom. The third-order valence-corrected chi connectivity index (χ3v) is 1.79. The van der Waals surface area contributed by atoms with Crippen molar-refractivity contribution in [3.8, 4) is 0 Å². The second kappa shape index (κ2) is 4.07. The van der Waals surface area contributed by atoms with E-state index in [1.807, 2.05) is 6.92 Å². The van der Waals surface area contributed by atoms with E-state index in [2.05, 4.69) is 6.58 Å². The number of hydrogen-bond acceptors (Lipinski definition) is 3. The van der Waals surface area contributed by atoms with E-state index in [4.69, 9.17) is 4.74 Å². The minimum Gasteiger partial charge on any atom is -0.464 e. The van der Waals surface area contributed by atoms with Crippen molar-refractivity contribution in [3.63, 3.8) is 0 Å². The summed E-state index contributed by atoms with van der Waals surface area (Å²) in [4.78, 5) is 23.5. The maximum absolute atomic E-state index is 11.1. The zero-order valence-corrected chi connectivity index (χ0v) is 7.66. The maximum atomic E-state index is 11.1. The maximum Gasteiger partial charge on any atom is 0.330 e. The highest BCUT2D eigenvalue weighted by Crippen LogP contribution is 2.18. The lowest BCUT2D eigenvalue weighted by Crippen LogP contribution is -2.19. The molecule has 1 unspecified atom stereocenters. The van der Waals surface area contributed by atoms with Crippen LogP contribution < -0.4 is 0 Å². The predicted molar refractivity (Wildman–Crippen MR) is 46.9 cm³/mol. The van der Waals surface area contributed by atoms with Crippen LogP contribution in [0.4, 0.5) is 0 Å². The Morgan fingerprint density at radius 3 is 2.92 bits per heavy atom. The Kier molecular flexibility index (Phi) is 3.06. The molecular weight excluding hydrogens is 170 g/mol. The van der Waals surface area contributed by atoms with Crippen molar-refractivity contribution >= 4 is 11.9 Å². The average Bonchev–Trinajstić information content (AvgIpc) is 2.92. The molecular formula is C9H13NO3. The lowest BCUT2D eigenvalue weighted by molar-refractivity contribution is -0.145. The van der Waals surface area contributed by atoms with Gasteiger partial charge < -0.3 is 9.64 Å². The highest BCUT2D eigenvalue weighted by molar-refractivity contribution is 5.95. The summed E-state index contributed by atoms with van der Waals surface area (Å²) in [5.41, 5.74) is 0. The van der Waals surface area contributed by atoms with E-state index in [0.29, 0.717) is 13.2 Å². The van der Waals surface area contributed by atoms with Crippen molar-refractivity contribution in [3.05, 3.63) is 12.7 Å². The lowest BCUT2D eigenvalue weighted by atomic mass is 10.4. The molecule has 0 aromatic heterocycles. The highest BCUT2D eigenvalue weighted by Gasteiger charge is 2.44. The molecule has 1 rings (SSSR count). The Bertz CT molecular complexity index is 237. The van der Waals surface area contributed by atoms with Gasteiger partial charge in [0.1, 0.15) is 6.04 Å². The number of esters is 1. The summed E-state index contributed by atoms with van der Waals surface area (Å²) < 4.78 is 4.87. The summed E-state index contributed by atoms with van der Waals surface area (Å²) in [5, 5.41) is 0. The molecule has 1 saturated heterocycles. The first-order chi connectivity index (χ1) is 6.20. The fourth-order valence-electron chi connectivity index (χ4n) is 1.00. The van der Waals surface area contributed by atoms with Crippen LogP contribution in [0.15, 0.2) is 12.7 Å². The first-order valence-electron chi connectivity index (χ1n) is 4.30. The smallest absolute Gasteiger partial charge is 0.330 e. The van der Waals surface area contributed by atoms with E-state index >= 15 is 0 Å². The van der Waals surface area contributed by atoms with Gasteiger partial charge in [-0.2, -0.15) is 0 Å². The van der Waals surface area contributed by atoms with Crippen LogP contribution in [-0.2, 0) is 14.3 Å². The van der Waals surface area contributed by atoms with Gasteiger partial charge in [0.25, 0.3) is 0 Å². The molecule has 0 N–H and O–H groups in total. The minimum absolute atomic E-state index is 0.210. The number of carbonyl (C=O) groups excluding carboxylic acids is 2. The largest absolute Gasteiger partial charge is 0.464 e. The second-order valence-electron chi connectivity index (χ2n) is 2.88. The SMILES string of the molecule is C=CC(=O)N1CC1C(=O)OCCC. The molecule has 0 aromatic carbocycles. The summed E-state index contributed by atoms with van der Waals surface area (Å²) in [6.45, 7) is 6.15. The summed E-state index contributed by atoms with van der Waals surface area (Å²) in [6.07, 6.45) is 2.00. The molecule has 1 aliphatic heterocycles. The third-order valence-electron chi connectivity index (χ3n) is 1.79. The zero-order chi connectivity index (χ0) is 9.84. The van der Waals surface area contributed by atoms with Crippen LogP contribution in [-0.4, -0.2) is 36.0 Å². The van der Waals surface area contributed by atoms with Crippen molar-refractivity contribution in [2.45, 2.75) is 19.4 Å². The van der Waals surface area contributed by atoms with Gasteiger partial charge in [0.15, 0.2) is 0 Å². The molecule has 0 saturated carbocycles. The Labute approximate surface area is 77.2 Å². The third kappa shape index (κ3) is 2.31. The van der Waals surface area contributed by atoms with Gasteiger partial charge in [0.05, 0.1) is 13.2 Å². The highest BCUT2D eigenvalue weighted by atomic mass is 16.5.